The Morgan fingerprint density at radius 3 is 2.50 bits per heavy atom. The summed E-state index contributed by atoms with van der Waals surface area (Å²) in [6.07, 6.45) is 5.93. The molecule has 2 aromatic heterocycles. The van der Waals surface area contributed by atoms with Gasteiger partial charge in [-0.1, -0.05) is 6.07 Å². The highest BCUT2D eigenvalue weighted by Gasteiger charge is 2.20. The summed E-state index contributed by atoms with van der Waals surface area (Å²) in [6.45, 7) is 6.51. The molecule has 4 heterocycles. The van der Waals surface area contributed by atoms with Crippen LogP contribution < -0.4 is 15.1 Å². The molecule has 0 unspecified atom stereocenters. The number of pyridine rings is 2. The standard InChI is InChI=1S/C21H28N6O/c1-25-11-13-26(14-12-25)19-7-6-17(15-23-19)16-24-21(28)18-5-4-8-22-20(18)27-9-2-3-10-27/h4-8,15H,2-3,9-14,16H2,1H3,(H,24,28). The maximum Gasteiger partial charge on any atom is 0.255 e. The first-order chi connectivity index (χ1) is 13.7. The van der Waals surface area contributed by atoms with Gasteiger partial charge in [0.15, 0.2) is 0 Å². The molecule has 2 aliphatic heterocycles. The Kier molecular flexibility index (Phi) is 5.71. The molecule has 0 bridgehead atoms. The number of amides is 1. The molecular weight excluding hydrogens is 352 g/mol. The van der Waals surface area contributed by atoms with Gasteiger partial charge in [0.25, 0.3) is 5.91 Å². The molecule has 7 heteroatoms. The number of nitrogens with zero attached hydrogens (tertiary/aromatic N) is 5. The van der Waals surface area contributed by atoms with Crippen molar-refractivity contribution in [2.45, 2.75) is 19.4 Å². The van der Waals surface area contributed by atoms with Crippen LogP contribution in [0.3, 0.4) is 0 Å². The van der Waals surface area contributed by atoms with Crippen LogP contribution >= 0.6 is 0 Å². The van der Waals surface area contributed by atoms with Gasteiger partial charge >= 0.3 is 0 Å². The largest absolute Gasteiger partial charge is 0.356 e. The number of piperazine rings is 1. The Labute approximate surface area is 166 Å². The smallest absolute Gasteiger partial charge is 0.255 e. The summed E-state index contributed by atoms with van der Waals surface area (Å²) >= 11 is 0. The average molecular weight is 380 g/mol. The molecule has 1 N–H and O–H groups in total. The van der Waals surface area contributed by atoms with Crippen molar-refractivity contribution in [2.75, 3.05) is 56.1 Å². The number of likely N-dealkylation sites (N-methyl/N-ethyl adjacent to an activating group) is 1. The van der Waals surface area contributed by atoms with Gasteiger partial charge in [-0.15, -0.1) is 0 Å². The van der Waals surface area contributed by atoms with Crippen molar-refractivity contribution in [3.63, 3.8) is 0 Å². The zero-order valence-corrected chi connectivity index (χ0v) is 16.5. The van der Waals surface area contributed by atoms with Gasteiger partial charge in [0.05, 0.1) is 5.56 Å². The summed E-state index contributed by atoms with van der Waals surface area (Å²) < 4.78 is 0. The van der Waals surface area contributed by atoms with Gasteiger partial charge in [0.2, 0.25) is 0 Å². The van der Waals surface area contributed by atoms with Crippen LogP contribution in [0.1, 0.15) is 28.8 Å². The van der Waals surface area contributed by atoms with Crippen LogP contribution in [0.15, 0.2) is 36.7 Å². The quantitative estimate of drug-likeness (QED) is 0.853. The highest BCUT2D eigenvalue weighted by Crippen LogP contribution is 2.22. The maximum atomic E-state index is 12.7. The molecule has 28 heavy (non-hydrogen) atoms. The van der Waals surface area contributed by atoms with E-state index >= 15 is 0 Å². The maximum absolute atomic E-state index is 12.7. The monoisotopic (exact) mass is 380 g/mol. The molecule has 0 radical (unpaired) electrons. The van der Waals surface area contributed by atoms with E-state index < -0.39 is 0 Å². The van der Waals surface area contributed by atoms with Gasteiger partial charge in [-0.3, -0.25) is 4.79 Å². The van der Waals surface area contributed by atoms with E-state index in [4.69, 9.17) is 0 Å². The minimum absolute atomic E-state index is 0.0851. The van der Waals surface area contributed by atoms with Crippen LogP contribution in [-0.2, 0) is 6.54 Å². The number of aromatic nitrogens is 2. The summed E-state index contributed by atoms with van der Waals surface area (Å²) in [5, 5.41) is 3.02. The third-order valence-electron chi connectivity index (χ3n) is 5.53. The zero-order valence-electron chi connectivity index (χ0n) is 16.5. The lowest BCUT2D eigenvalue weighted by molar-refractivity contribution is 0.0951. The number of rotatable bonds is 5. The van der Waals surface area contributed by atoms with Crippen LogP contribution in [0.5, 0.6) is 0 Å². The van der Waals surface area contributed by atoms with Crippen LogP contribution in [0.25, 0.3) is 0 Å². The minimum Gasteiger partial charge on any atom is -0.356 e. The van der Waals surface area contributed by atoms with E-state index in [1.165, 1.54) is 0 Å². The number of carbonyl (C=O) groups excluding carboxylic acids is 1. The lowest BCUT2D eigenvalue weighted by Gasteiger charge is -2.33. The minimum atomic E-state index is -0.0851. The van der Waals surface area contributed by atoms with Crippen molar-refractivity contribution < 1.29 is 4.79 Å². The van der Waals surface area contributed by atoms with Crippen molar-refractivity contribution >= 4 is 17.5 Å². The second-order valence-corrected chi connectivity index (χ2v) is 7.57. The second-order valence-electron chi connectivity index (χ2n) is 7.57. The van der Waals surface area contributed by atoms with Gasteiger partial charge in [0.1, 0.15) is 11.6 Å². The molecule has 2 aliphatic rings. The molecule has 4 rings (SSSR count). The van der Waals surface area contributed by atoms with Crippen molar-refractivity contribution in [1.29, 1.82) is 0 Å². The molecule has 0 aromatic carbocycles. The topological polar surface area (TPSA) is 64.6 Å². The molecule has 148 valence electrons. The highest BCUT2D eigenvalue weighted by molar-refractivity contribution is 5.98. The molecular formula is C21H28N6O. The second kappa shape index (κ2) is 8.56. The SMILES string of the molecule is CN1CCN(c2ccc(CNC(=O)c3cccnc3N3CCCC3)cn2)CC1. The van der Waals surface area contributed by atoms with E-state index in [0.717, 1.165) is 69.3 Å². The van der Waals surface area contributed by atoms with Crippen LogP contribution in [-0.4, -0.2) is 67.1 Å². The number of hydrogen-bond donors (Lipinski definition) is 1. The number of carbonyl (C=O) groups is 1. The van der Waals surface area contributed by atoms with Gasteiger partial charge in [-0.2, -0.15) is 0 Å². The Morgan fingerprint density at radius 2 is 1.79 bits per heavy atom. The van der Waals surface area contributed by atoms with Crippen molar-refractivity contribution in [1.82, 2.24) is 20.2 Å². The first-order valence-corrected chi connectivity index (χ1v) is 10.1. The fourth-order valence-corrected chi connectivity index (χ4v) is 3.78. The summed E-state index contributed by atoms with van der Waals surface area (Å²) in [7, 11) is 2.15. The van der Waals surface area contributed by atoms with E-state index in [-0.39, 0.29) is 5.91 Å². The molecule has 0 aliphatic carbocycles. The average Bonchev–Trinajstić information content (AvgIpc) is 3.28. The van der Waals surface area contributed by atoms with Crippen LogP contribution in [0.4, 0.5) is 11.6 Å². The summed E-state index contributed by atoms with van der Waals surface area (Å²) in [5.41, 5.74) is 1.64. The predicted octanol–water partition coefficient (Wildman–Crippen LogP) is 1.76. The number of nitrogens with one attached hydrogen (secondary N) is 1. The van der Waals surface area contributed by atoms with Crippen molar-refractivity contribution in [3.8, 4) is 0 Å². The fraction of sp³-hybridized carbons (Fsp3) is 0.476. The first kappa shape index (κ1) is 18.7. The Hall–Kier alpha value is -2.67. The molecule has 2 saturated heterocycles. The van der Waals surface area contributed by atoms with Crippen molar-refractivity contribution in [3.05, 3.63) is 47.8 Å². The van der Waals surface area contributed by atoms with E-state index in [1.807, 2.05) is 30.5 Å². The Balaban J connectivity index is 1.36. The van der Waals surface area contributed by atoms with Gasteiger partial charge in [0, 0.05) is 58.2 Å². The van der Waals surface area contributed by atoms with Gasteiger partial charge in [-0.25, -0.2) is 9.97 Å². The zero-order chi connectivity index (χ0) is 19.3. The number of hydrogen-bond acceptors (Lipinski definition) is 6. The van der Waals surface area contributed by atoms with Gasteiger partial charge in [-0.05, 0) is 43.7 Å². The fourth-order valence-electron chi connectivity index (χ4n) is 3.78. The van der Waals surface area contributed by atoms with E-state index in [0.29, 0.717) is 12.1 Å². The molecule has 2 aromatic rings. The number of anilines is 2. The molecule has 2 fully saturated rings. The molecule has 0 saturated carbocycles. The van der Waals surface area contributed by atoms with Crippen molar-refractivity contribution in [2.24, 2.45) is 0 Å². The molecule has 0 spiro atoms. The normalized spacial score (nSPS) is 17.8. The summed E-state index contributed by atoms with van der Waals surface area (Å²) in [6, 6.07) is 7.77. The highest BCUT2D eigenvalue weighted by atomic mass is 16.1. The Bertz CT molecular complexity index is 795. The third-order valence-corrected chi connectivity index (χ3v) is 5.53. The predicted molar refractivity (Wildman–Crippen MR) is 111 cm³/mol. The van der Waals surface area contributed by atoms with E-state index in [2.05, 4.69) is 37.0 Å². The summed E-state index contributed by atoms with van der Waals surface area (Å²) in [5.74, 6) is 1.71. The first-order valence-electron chi connectivity index (χ1n) is 10.1. The van der Waals surface area contributed by atoms with Crippen LogP contribution in [0, 0.1) is 0 Å². The third kappa shape index (κ3) is 4.25. The summed E-state index contributed by atoms with van der Waals surface area (Å²) in [4.78, 5) is 28.6. The molecule has 0 atom stereocenters. The van der Waals surface area contributed by atoms with E-state index in [9.17, 15) is 4.79 Å². The molecule has 1 amide bonds. The Morgan fingerprint density at radius 1 is 1.00 bits per heavy atom. The van der Waals surface area contributed by atoms with E-state index in [1.54, 1.807) is 6.20 Å². The molecule has 7 nitrogen and oxygen atoms in total. The van der Waals surface area contributed by atoms with Gasteiger partial charge < -0.3 is 20.0 Å². The lowest BCUT2D eigenvalue weighted by Crippen LogP contribution is -2.44. The van der Waals surface area contributed by atoms with Crippen LogP contribution in [0.2, 0.25) is 0 Å². The lowest BCUT2D eigenvalue weighted by atomic mass is 10.2.